The number of halogens is 1. The SMILES string of the molecule is CC(c1ccc(C(=O)NCCC(=O)O)cc1)N1C(=O)C(c2cccc(F)c2)=NC1(C)CCCC(C)(C)C. The molecule has 0 saturated carbocycles. The summed E-state index contributed by atoms with van der Waals surface area (Å²) in [6.45, 7) is 10.4. The van der Waals surface area contributed by atoms with E-state index in [9.17, 15) is 18.8 Å². The number of aliphatic carboxylic acids is 1. The van der Waals surface area contributed by atoms with E-state index in [0.29, 0.717) is 17.5 Å². The van der Waals surface area contributed by atoms with E-state index in [-0.39, 0.29) is 41.9 Å². The Kier molecular flexibility index (Phi) is 8.51. The summed E-state index contributed by atoms with van der Waals surface area (Å²) in [4.78, 5) is 43.3. The van der Waals surface area contributed by atoms with Crippen molar-refractivity contribution < 1.29 is 23.9 Å². The van der Waals surface area contributed by atoms with Gasteiger partial charge in [0.1, 0.15) is 17.2 Å². The van der Waals surface area contributed by atoms with E-state index in [4.69, 9.17) is 10.1 Å². The summed E-state index contributed by atoms with van der Waals surface area (Å²) in [7, 11) is 0. The number of carbonyl (C=O) groups excluding carboxylic acids is 2. The molecule has 2 unspecified atom stereocenters. The molecule has 0 saturated heterocycles. The fourth-order valence-corrected chi connectivity index (χ4v) is 4.67. The highest BCUT2D eigenvalue weighted by molar-refractivity contribution is 6.46. The first-order valence-electron chi connectivity index (χ1n) is 12.6. The van der Waals surface area contributed by atoms with Gasteiger partial charge in [0, 0.05) is 17.7 Å². The lowest BCUT2D eigenvalue weighted by Crippen LogP contribution is -2.46. The molecule has 2 aromatic carbocycles. The molecule has 1 heterocycles. The third-order valence-corrected chi connectivity index (χ3v) is 6.64. The fraction of sp³-hybridized carbons (Fsp3) is 0.448. The minimum atomic E-state index is -0.981. The van der Waals surface area contributed by atoms with Gasteiger partial charge in [0.15, 0.2) is 0 Å². The van der Waals surface area contributed by atoms with Crippen molar-refractivity contribution in [2.75, 3.05) is 6.54 Å². The molecule has 0 spiro atoms. The van der Waals surface area contributed by atoms with Gasteiger partial charge < -0.3 is 15.3 Å². The van der Waals surface area contributed by atoms with Gasteiger partial charge in [0.25, 0.3) is 11.8 Å². The highest BCUT2D eigenvalue weighted by Gasteiger charge is 2.46. The summed E-state index contributed by atoms with van der Waals surface area (Å²) in [6, 6.07) is 12.5. The molecule has 2 atom stereocenters. The number of aliphatic imine (C=N–C) groups is 1. The van der Waals surface area contributed by atoms with E-state index in [1.165, 1.54) is 12.1 Å². The van der Waals surface area contributed by atoms with Gasteiger partial charge in [0.05, 0.1) is 12.5 Å². The number of hydrogen-bond acceptors (Lipinski definition) is 4. The molecule has 0 radical (unpaired) electrons. The van der Waals surface area contributed by atoms with E-state index >= 15 is 0 Å². The summed E-state index contributed by atoms with van der Waals surface area (Å²) < 4.78 is 14.0. The standard InChI is InChI=1S/C29H36FN3O4/c1-19(20-10-12-21(13-11-20)26(36)31-17-14-24(34)35)33-27(37)25(22-8-6-9-23(30)18-22)32-29(33,5)16-7-15-28(2,3)4/h6,8-13,18-19H,7,14-17H2,1-5H3,(H,31,36)(H,34,35). The highest BCUT2D eigenvalue weighted by Crippen LogP contribution is 2.39. The topological polar surface area (TPSA) is 99.1 Å². The van der Waals surface area contributed by atoms with Crippen LogP contribution in [-0.2, 0) is 9.59 Å². The average molecular weight is 510 g/mol. The number of nitrogens with zero attached hydrogens (tertiary/aromatic N) is 2. The second-order valence-corrected chi connectivity index (χ2v) is 11.0. The van der Waals surface area contributed by atoms with E-state index < -0.39 is 17.4 Å². The first-order chi connectivity index (χ1) is 17.3. The Labute approximate surface area is 217 Å². The average Bonchev–Trinajstić information content (AvgIpc) is 3.07. The van der Waals surface area contributed by atoms with Crippen LogP contribution in [0.2, 0.25) is 0 Å². The van der Waals surface area contributed by atoms with Crippen molar-refractivity contribution >= 4 is 23.5 Å². The third kappa shape index (κ3) is 7.02. The number of carboxylic acid groups (broad SMARTS) is 1. The van der Waals surface area contributed by atoms with Crippen LogP contribution in [0.1, 0.15) is 87.8 Å². The fourth-order valence-electron chi connectivity index (χ4n) is 4.67. The quantitative estimate of drug-likeness (QED) is 0.451. The smallest absolute Gasteiger partial charge is 0.305 e. The number of benzene rings is 2. The van der Waals surface area contributed by atoms with Crippen LogP contribution in [0.3, 0.4) is 0 Å². The van der Waals surface area contributed by atoms with Crippen LogP contribution >= 0.6 is 0 Å². The van der Waals surface area contributed by atoms with Crippen molar-refractivity contribution in [3.63, 3.8) is 0 Å². The molecular formula is C29H36FN3O4. The van der Waals surface area contributed by atoms with Crippen molar-refractivity contribution in [2.24, 2.45) is 10.4 Å². The molecule has 1 aliphatic rings. The molecule has 0 aliphatic carbocycles. The molecule has 0 bridgehead atoms. The lowest BCUT2D eigenvalue weighted by atomic mass is 9.87. The first kappa shape index (κ1) is 28.0. The maximum absolute atomic E-state index is 14.0. The first-order valence-corrected chi connectivity index (χ1v) is 12.6. The van der Waals surface area contributed by atoms with Gasteiger partial charge in [-0.3, -0.25) is 19.4 Å². The Morgan fingerprint density at radius 3 is 2.43 bits per heavy atom. The Morgan fingerprint density at radius 2 is 1.84 bits per heavy atom. The van der Waals surface area contributed by atoms with Crippen LogP contribution in [-0.4, -0.2) is 45.7 Å². The van der Waals surface area contributed by atoms with Gasteiger partial charge >= 0.3 is 5.97 Å². The predicted molar refractivity (Wildman–Crippen MR) is 141 cm³/mol. The van der Waals surface area contributed by atoms with E-state index in [0.717, 1.165) is 18.4 Å². The molecule has 3 rings (SSSR count). The van der Waals surface area contributed by atoms with Gasteiger partial charge in [-0.05, 0) is 68.4 Å². The van der Waals surface area contributed by atoms with Crippen LogP contribution in [0.15, 0.2) is 53.5 Å². The van der Waals surface area contributed by atoms with Crippen molar-refractivity contribution in [1.82, 2.24) is 10.2 Å². The van der Waals surface area contributed by atoms with Crippen LogP contribution < -0.4 is 5.32 Å². The maximum Gasteiger partial charge on any atom is 0.305 e. The summed E-state index contributed by atoms with van der Waals surface area (Å²) in [6.07, 6.45) is 2.34. The molecule has 0 fully saturated rings. The summed E-state index contributed by atoms with van der Waals surface area (Å²) in [5.74, 6) is -2.02. The third-order valence-electron chi connectivity index (χ3n) is 6.64. The molecule has 2 N–H and O–H groups in total. The molecular weight excluding hydrogens is 473 g/mol. The van der Waals surface area contributed by atoms with E-state index in [1.54, 1.807) is 41.3 Å². The number of rotatable bonds is 10. The second-order valence-electron chi connectivity index (χ2n) is 11.0. The Hall–Kier alpha value is -3.55. The monoisotopic (exact) mass is 509 g/mol. The molecule has 198 valence electrons. The zero-order valence-corrected chi connectivity index (χ0v) is 22.2. The van der Waals surface area contributed by atoms with Gasteiger partial charge in [0.2, 0.25) is 0 Å². The maximum atomic E-state index is 14.0. The van der Waals surface area contributed by atoms with Gasteiger partial charge in [-0.25, -0.2) is 4.39 Å². The molecule has 37 heavy (non-hydrogen) atoms. The molecule has 0 aromatic heterocycles. The minimum Gasteiger partial charge on any atom is -0.481 e. The Balaban J connectivity index is 1.86. The van der Waals surface area contributed by atoms with Crippen LogP contribution in [0, 0.1) is 11.2 Å². The Morgan fingerprint density at radius 1 is 1.16 bits per heavy atom. The van der Waals surface area contributed by atoms with Crippen LogP contribution in [0.25, 0.3) is 0 Å². The molecule has 8 heteroatoms. The number of amides is 2. The number of hydrogen-bond donors (Lipinski definition) is 2. The molecule has 1 aliphatic heterocycles. The predicted octanol–water partition coefficient (Wildman–Crippen LogP) is 5.36. The number of nitrogens with one attached hydrogen (secondary N) is 1. The Bertz CT molecular complexity index is 1190. The number of carboxylic acids is 1. The van der Waals surface area contributed by atoms with Crippen molar-refractivity contribution in [3.05, 3.63) is 71.0 Å². The van der Waals surface area contributed by atoms with Gasteiger partial charge in [-0.1, -0.05) is 45.0 Å². The minimum absolute atomic E-state index is 0.0434. The molecule has 7 nitrogen and oxygen atoms in total. The summed E-state index contributed by atoms with van der Waals surface area (Å²) >= 11 is 0. The lowest BCUT2D eigenvalue weighted by Gasteiger charge is -2.38. The van der Waals surface area contributed by atoms with Crippen LogP contribution in [0.4, 0.5) is 4.39 Å². The van der Waals surface area contributed by atoms with Gasteiger partial charge in [-0.15, -0.1) is 0 Å². The zero-order valence-electron chi connectivity index (χ0n) is 22.2. The zero-order chi connectivity index (χ0) is 27.4. The van der Waals surface area contributed by atoms with Crippen molar-refractivity contribution in [2.45, 2.75) is 72.0 Å². The largest absolute Gasteiger partial charge is 0.481 e. The van der Waals surface area contributed by atoms with Gasteiger partial charge in [-0.2, -0.15) is 0 Å². The van der Waals surface area contributed by atoms with E-state index in [2.05, 4.69) is 26.1 Å². The lowest BCUT2D eigenvalue weighted by molar-refractivity contribution is -0.136. The number of carbonyl (C=O) groups is 3. The highest BCUT2D eigenvalue weighted by atomic mass is 19.1. The van der Waals surface area contributed by atoms with E-state index in [1.807, 2.05) is 13.8 Å². The second kappa shape index (κ2) is 11.2. The normalized spacial score (nSPS) is 18.5. The molecule has 2 aromatic rings. The summed E-state index contributed by atoms with van der Waals surface area (Å²) in [5, 5.41) is 11.3. The van der Waals surface area contributed by atoms with Crippen molar-refractivity contribution in [3.8, 4) is 0 Å². The summed E-state index contributed by atoms with van der Waals surface area (Å²) in [5.41, 5.74) is 1.27. The van der Waals surface area contributed by atoms with Crippen molar-refractivity contribution in [1.29, 1.82) is 0 Å². The van der Waals surface area contributed by atoms with Crippen LogP contribution in [0.5, 0.6) is 0 Å². The molecule has 2 amide bonds.